The largest absolute Gasteiger partial charge is 0.437 e. The number of rotatable bonds is 1. The molecule has 3 heteroatoms. The van der Waals surface area contributed by atoms with Gasteiger partial charge in [-0.2, -0.15) is 0 Å². The van der Waals surface area contributed by atoms with Crippen LogP contribution in [0, 0.1) is 6.92 Å². The van der Waals surface area contributed by atoms with Gasteiger partial charge < -0.3 is 9.32 Å². The fourth-order valence-corrected chi connectivity index (χ4v) is 3.36. The standard InChI is InChI=1S/C19H18N2O/c1-13-8-9-14-15-7-6-11-20-18(15)22-17(14)16(13)19(2)10-4-5-12-21(19)3/h4-12H,1-3H3. The summed E-state index contributed by atoms with van der Waals surface area (Å²) in [5, 5.41) is 2.20. The zero-order chi connectivity index (χ0) is 15.3. The van der Waals surface area contributed by atoms with E-state index in [0.717, 1.165) is 16.4 Å². The van der Waals surface area contributed by atoms with Crippen molar-refractivity contribution in [1.29, 1.82) is 0 Å². The second-order valence-corrected chi connectivity index (χ2v) is 6.05. The normalized spacial score (nSPS) is 21.1. The zero-order valence-electron chi connectivity index (χ0n) is 13.0. The molecule has 4 rings (SSSR count). The average Bonchev–Trinajstić information content (AvgIpc) is 2.88. The van der Waals surface area contributed by atoms with Crippen molar-refractivity contribution < 1.29 is 4.42 Å². The Hall–Kier alpha value is -2.55. The molecule has 0 radical (unpaired) electrons. The van der Waals surface area contributed by atoms with Crippen LogP contribution in [0.5, 0.6) is 0 Å². The average molecular weight is 290 g/mol. The molecule has 1 aliphatic rings. The second-order valence-electron chi connectivity index (χ2n) is 6.05. The molecule has 3 aromatic rings. The molecule has 0 spiro atoms. The summed E-state index contributed by atoms with van der Waals surface area (Å²) < 4.78 is 6.14. The Balaban J connectivity index is 2.11. The van der Waals surface area contributed by atoms with Crippen LogP contribution in [0.4, 0.5) is 0 Å². The first-order valence-electron chi connectivity index (χ1n) is 7.47. The van der Waals surface area contributed by atoms with Gasteiger partial charge in [0, 0.05) is 29.6 Å². The van der Waals surface area contributed by atoms with E-state index < -0.39 is 0 Å². The molecule has 3 nitrogen and oxygen atoms in total. The molecule has 0 aliphatic carbocycles. The maximum atomic E-state index is 6.14. The summed E-state index contributed by atoms with van der Waals surface area (Å²) in [6.45, 7) is 4.36. The van der Waals surface area contributed by atoms with Crippen LogP contribution < -0.4 is 0 Å². The van der Waals surface area contributed by atoms with Gasteiger partial charge in [-0.3, -0.25) is 0 Å². The van der Waals surface area contributed by atoms with E-state index in [1.54, 1.807) is 6.20 Å². The highest BCUT2D eigenvalue weighted by molar-refractivity contribution is 6.05. The molecule has 1 atom stereocenters. The van der Waals surface area contributed by atoms with Crippen molar-refractivity contribution in [1.82, 2.24) is 9.88 Å². The molecule has 2 aromatic heterocycles. The van der Waals surface area contributed by atoms with Gasteiger partial charge >= 0.3 is 0 Å². The molecule has 1 aromatic carbocycles. The molecule has 3 heterocycles. The Labute approximate surface area is 129 Å². The van der Waals surface area contributed by atoms with Crippen molar-refractivity contribution in [3.05, 3.63) is 66.0 Å². The van der Waals surface area contributed by atoms with Crippen LogP contribution in [0.2, 0.25) is 0 Å². The first-order chi connectivity index (χ1) is 10.6. The Bertz CT molecular complexity index is 935. The number of aryl methyl sites for hydroxylation is 1. The van der Waals surface area contributed by atoms with Gasteiger partial charge in [-0.25, -0.2) is 4.98 Å². The van der Waals surface area contributed by atoms with Gasteiger partial charge in [0.1, 0.15) is 5.58 Å². The van der Waals surface area contributed by atoms with E-state index in [4.69, 9.17) is 4.42 Å². The molecule has 0 bridgehead atoms. The van der Waals surface area contributed by atoms with Crippen LogP contribution in [0.3, 0.4) is 0 Å². The number of hydrogen-bond donors (Lipinski definition) is 0. The molecule has 0 amide bonds. The molecule has 1 unspecified atom stereocenters. The van der Waals surface area contributed by atoms with Crippen LogP contribution in [0.1, 0.15) is 18.1 Å². The first-order valence-corrected chi connectivity index (χ1v) is 7.47. The monoisotopic (exact) mass is 290 g/mol. The summed E-state index contributed by atoms with van der Waals surface area (Å²) in [7, 11) is 2.10. The Kier molecular flexibility index (Phi) is 2.67. The molecule has 0 saturated heterocycles. The van der Waals surface area contributed by atoms with Crippen LogP contribution in [0.25, 0.3) is 22.1 Å². The van der Waals surface area contributed by atoms with Crippen LogP contribution in [-0.2, 0) is 5.54 Å². The molecule has 0 N–H and O–H groups in total. The number of likely N-dealkylation sites (N-methyl/N-ethyl adjacent to an activating group) is 1. The van der Waals surface area contributed by atoms with E-state index in [0.29, 0.717) is 5.71 Å². The van der Waals surface area contributed by atoms with Gasteiger partial charge in [-0.15, -0.1) is 0 Å². The number of allylic oxidation sites excluding steroid dienone is 2. The maximum absolute atomic E-state index is 6.14. The van der Waals surface area contributed by atoms with Gasteiger partial charge in [-0.05, 0) is 43.8 Å². The van der Waals surface area contributed by atoms with E-state index in [2.05, 4.69) is 73.4 Å². The van der Waals surface area contributed by atoms with Crippen molar-refractivity contribution in [2.45, 2.75) is 19.4 Å². The van der Waals surface area contributed by atoms with E-state index in [1.807, 2.05) is 6.07 Å². The molecule has 0 fully saturated rings. The molecule has 1 aliphatic heterocycles. The van der Waals surface area contributed by atoms with Gasteiger partial charge in [0.05, 0.1) is 5.54 Å². The summed E-state index contributed by atoms with van der Waals surface area (Å²) in [5.74, 6) is 0. The zero-order valence-corrected chi connectivity index (χ0v) is 13.0. The highest BCUT2D eigenvalue weighted by atomic mass is 16.3. The predicted molar refractivity (Wildman–Crippen MR) is 89.6 cm³/mol. The third-order valence-electron chi connectivity index (χ3n) is 4.71. The van der Waals surface area contributed by atoms with Gasteiger partial charge in [0.15, 0.2) is 0 Å². The van der Waals surface area contributed by atoms with Crippen molar-refractivity contribution in [3.8, 4) is 0 Å². The summed E-state index contributed by atoms with van der Waals surface area (Å²) in [6.07, 6.45) is 10.2. The lowest BCUT2D eigenvalue weighted by Gasteiger charge is -2.38. The summed E-state index contributed by atoms with van der Waals surface area (Å²) in [5.41, 5.74) is 3.83. The number of nitrogens with zero attached hydrogens (tertiary/aromatic N) is 2. The van der Waals surface area contributed by atoms with Crippen LogP contribution in [0.15, 0.2) is 59.3 Å². The van der Waals surface area contributed by atoms with Gasteiger partial charge in [-0.1, -0.05) is 24.3 Å². The Morgan fingerprint density at radius 3 is 2.82 bits per heavy atom. The maximum Gasteiger partial charge on any atom is 0.227 e. The van der Waals surface area contributed by atoms with E-state index in [9.17, 15) is 0 Å². The van der Waals surface area contributed by atoms with E-state index >= 15 is 0 Å². The van der Waals surface area contributed by atoms with Crippen LogP contribution in [-0.4, -0.2) is 16.9 Å². The van der Waals surface area contributed by atoms with E-state index in [-0.39, 0.29) is 5.54 Å². The molecule has 22 heavy (non-hydrogen) atoms. The molecular formula is C19H18N2O. The lowest BCUT2D eigenvalue weighted by atomic mass is 9.84. The fourth-order valence-electron chi connectivity index (χ4n) is 3.36. The second kappa shape index (κ2) is 4.47. The first kappa shape index (κ1) is 13.1. The molecular weight excluding hydrogens is 272 g/mol. The number of hydrogen-bond acceptors (Lipinski definition) is 3. The minimum atomic E-state index is -0.230. The van der Waals surface area contributed by atoms with Crippen LogP contribution >= 0.6 is 0 Å². The van der Waals surface area contributed by atoms with Crippen molar-refractivity contribution in [2.24, 2.45) is 0 Å². The van der Waals surface area contributed by atoms with E-state index in [1.165, 1.54) is 11.1 Å². The van der Waals surface area contributed by atoms with Gasteiger partial charge in [0.25, 0.3) is 0 Å². The smallest absolute Gasteiger partial charge is 0.227 e. The highest BCUT2D eigenvalue weighted by Crippen LogP contribution is 2.40. The minimum Gasteiger partial charge on any atom is -0.437 e. The van der Waals surface area contributed by atoms with Gasteiger partial charge in [0.2, 0.25) is 5.71 Å². The lowest BCUT2D eigenvalue weighted by Crippen LogP contribution is -2.37. The third kappa shape index (κ3) is 1.65. The van der Waals surface area contributed by atoms with Crippen molar-refractivity contribution in [2.75, 3.05) is 7.05 Å². The summed E-state index contributed by atoms with van der Waals surface area (Å²) in [4.78, 5) is 6.58. The highest BCUT2D eigenvalue weighted by Gasteiger charge is 2.33. The number of benzene rings is 1. The number of fused-ring (bicyclic) bond motifs is 3. The fraction of sp³-hybridized carbons (Fsp3) is 0.211. The topological polar surface area (TPSA) is 29.3 Å². The molecule has 110 valence electrons. The minimum absolute atomic E-state index is 0.230. The number of aromatic nitrogens is 1. The van der Waals surface area contributed by atoms with Crippen molar-refractivity contribution in [3.63, 3.8) is 0 Å². The number of pyridine rings is 1. The summed E-state index contributed by atoms with van der Waals surface area (Å²) in [6, 6.07) is 8.32. The SMILES string of the molecule is Cc1ccc2c(oc3ncccc32)c1C1(C)C=CC=CN1C. The van der Waals surface area contributed by atoms with Crippen molar-refractivity contribution >= 4 is 22.1 Å². The summed E-state index contributed by atoms with van der Waals surface area (Å²) >= 11 is 0. The third-order valence-corrected chi connectivity index (χ3v) is 4.71. The quantitative estimate of drug-likeness (QED) is 0.660. The Morgan fingerprint density at radius 2 is 2.00 bits per heavy atom. The molecule has 0 saturated carbocycles. The Morgan fingerprint density at radius 1 is 1.14 bits per heavy atom. The predicted octanol–water partition coefficient (Wildman–Crippen LogP) is 4.52. The number of furan rings is 1. The lowest BCUT2D eigenvalue weighted by molar-refractivity contribution is 0.261.